The molecular weight excluding hydrogens is 260 g/mol. The van der Waals surface area contributed by atoms with Crippen LogP contribution in [0, 0.1) is 0 Å². The van der Waals surface area contributed by atoms with E-state index in [9.17, 15) is 9.59 Å². The van der Waals surface area contributed by atoms with Crippen LogP contribution in [0.25, 0.3) is 0 Å². The van der Waals surface area contributed by atoms with E-state index in [4.69, 9.17) is 21.4 Å². The van der Waals surface area contributed by atoms with Crippen molar-refractivity contribution in [3.05, 3.63) is 11.1 Å². The van der Waals surface area contributed by atoms with Gasteiger partial charge in [-0.15, -0.1) is 11.3 Å². The Bertz CT molecular complexity index is 471. The first-order valence-electron chi connectivity index (χ1n) is 4.93. The van der Waals surface area contributed by atoms with Gasteiger partial charge in [-0.2, -0.15) is 0 Å². The van der Waals surface area contributed by atoms with Crippen molar-refractivity contribution in [3.8, 4) is 0 Å². The molecule has 0 radical (unpaired) electrons. The van der Waals surface area contributed by atoms with E-state index in [1.807, 2.05) is 0 Å². The number of nitrogens with zero attached hydrogens (tertiary/aromatic N) is 2. The summed E-state index contributed by atoms with van der Waals surface area (Å²) in [6.07, 6.45) is 0.245. The topological polar surface area (TPSA) is 141 Å². The monoisotopic (exact) mass is 272 g/mol. The summed E-state index contributed by atoms with van der Waals surface area (Å²) in [5.41, 5.74) is 10.6. The van der Waals surface area contributed by atoms with E-state index in [1.165, 1.54) is 5.38 Å². The van der Waals surface area contributed by atoms with Crippen molar-refractivity contribution in [1.29, 1.82) is 0 Å². The molecule has 98 valence electrons. The Balaban J connectivity index is 2.57. The summed E-state index contributed by atoms with van der Waals surface area (Å²) >= 11 is 1.14. The predicted molar refractivity (Wildman–Crippen MR) is 65.1 cm³/mol. The number of anilines is 1. The van der Waals surface area contributed by atoms with Gasteiger partial charge in [-0.1, -0.05) is 5.16 Å². The molecule has 5 N–H and O–H groups in total. The highest BCUT2D eigenvalue weighted by Crippen LogP contribution is 2.12. The number of nitrogen functional groups attached to an aromatic ring is 1. The first-order chi connectivity index (χ1) is 8.50. The van der Waals surface area contributed by atoms with Crippen molar-refractivity contribution >= 4 is 34.1 Å². The van der Waals surface area contributed by atoms with Gasteiger partial charge in [0.05, 0.1) is 0 Å². The molecule has 0 aliphatic rings. The van der Waals surface area contributed by atoms with E-state index in [2.05, 4.69) is 10.1 Å². The number of hydrogen-bond donors (Lipinski definition) is 3. The highest BCUT2D eigenvalue weighted by molar-refractivity contribution is 7.13. The molecule has 0 bridgehead atoms. The summed E-state index contributed by atoms with van der Waals surface area (Å²) in [6, 6.07) is 0. The Morgan fingerprint density at radius 3 is 2.78 bits per heavy atom. The first kappa shape index (κ1) is 13.9. The molecule has 0 saturated carbocycles. The Labute approximate surface area is 106 Å². The number of aliphatic carboxylic acids is 1. The molecule has 0 aliphatic carbocycles. The maximum absolute atomic E-state index is 11.1. The second-order valence-corrected chi connectivity index (χ2v) is 4.10. The van der Waals surface area contributed by atoms with E-state index in [-0.39, 0.29) is 36.0 Å². The third-order valence-corrected chi connectivity index (χ3v) is 2.45. The van der Waals surface area contributed by atoms with Crippen LogP contribution in [-0.2, 0) is 14.4 Å². The van der Waals surface area contributed by atoms with Crippen LogP contribution in [0.15, 0.2) is 10.5 Å². The first-order valence-corrected chi connectivity index (χ1v) is 5.81. The fourth-order valence-corrected chi connectivity index (χ4v) is 1.56. The normalized spacial score (nSPS) is 11.2. The lowest BCUT2D eigenvalue weighted by Crippen LogP contribution is -2.25. The van der Waals surface area contributed by atoms with Crippen molar-refractivity contribution in [1.82, 2.24) is 4.98 Å². The number of rotatable bonds is 7. The van der Waals surface area contributed by atoms with Crippen LogP contribution in [0.1, 0.15) is 18.5 Å². The van der Waals surface area contributed by atoms with Crippen molar-refractivity contribution in [2.75, 3.05) is 12.3 Å². The average Bonchev–Trinajstić information content (AvgIpc) is 2.69. The summed E-state index contributed by atoms with van der Waals surface area (Å²) in [5.74, 6) is -1.72. The Hall–Kier alpha value is -2.16. The zero-order chi connectivity index (χ0) is 13.5. The molecule has 0 aromatic carbocycles. The van der Waals surface area contributed by atoms with E-state index in [0.29, 0.717) is 0 Å². The fourth-order valence-electron chi connectivity index (χ4n) is 1.01. The van der Waals surface area contributed by atoms with Crippen LogP contribution in [0.2, 0.25) is 0 Å². The highest BCUT2D eigenvalue weighted by atomic mass is 32.1. The summed E-state index contributed by atoms with van der Waals surface area (Å²) in [7, 11) is 0. The quantitative estimate of drug-likeness (QED) is 0.356. The molecule has 1 aromatic rings. The standard InChI is InChI=1S/C9H12N4O4S/c10-8(16)7(5-4-18-9(11)12-5)13-17-3-1-2-6(14)15/h4H,1-3H2,(H2,10,16)(H2,11,12)(H,14,15)/b13-7-. The molecule has 0 aliphatic heterocycles. The summed E-state index contributed by atoms with van der Waals surface area (Å²) in [4.78, 5) is 30.0. The second-order valence-electron chi connectivity index (χ2n) is 3.21. The van der Waals surface area contributed by atoms with E-state index < -0.39 is 11.9 Å². The van der Waals surface area contributed by atoms with Gasteiger partial charge in [0.2, 0.25) is 0 Å². The number of amides is 1. The number of carboxylic acid groups (broad SMARTS) is 1. The van der Waals surface area contributed by atoms with Crippen LogP contribution in [0.3, 0.4) is 0 Å². The smallest absolute Gasteiger partial charge is 0.303 e. The molecule has 0 spiro atoms. The number of carbonyl (C=O) groups is 2. The van der Waals surface area contributed by atoms with Gasteiger partial charge in [-0.05, 0) is 6.42 Å². The Kier molecular flexibility index (Phi) is 5.06. The Morgan fingerprint density at radius 2 is 2.28 bits per heavy atom. The van der Waals surface area contributed by atoms with Gasteiger partial charge < -0.3 is 21.4 Å². The van der Waals surface area contributed by atoms with Gasteiger partial charge in [-0.3, -0.25) is 9.59 Å². The van der Waals surface area contributed by atoms with Gasteiger partial charge in [0.1, 0.15) is 12.3 Å². The van der Waals surface area contributed by atoms with Gasteiger partial charge >= 0.3 is 5.97 Å². The molecule has 0 saturated heterocycles. The molecule has 9 heteroatoms. The lowest BCUT2D eigenvalue weighted by Gasteiger charge is -2.00. The van der Waals surface area contributed by atoms with Gasteiger partial charge in [0.15, 0.2) is 10.8 Å². The summed E-state index contributed by atoms with van der Waals surface area (Å²) in [6.45, 7) is 0.0721. The molecule has 1 aromatic heterocycles. The average molecular weight is 272 g/mol. The van der Waals surface area contributed by atoms with Gasteiger partial charge in [0.25, 0.3) is 5.91 Å². The zero-order valence-electron chi connectivity index (χ0n) is 9.33. The van der Waals surface area contributed by atoms with Crippen molar-refractivity contribution < 1.29 is 19.5 Å². The largest absolute Gasteiger partial charge is 0.481 e. The summed E-state index contributed by atoms with van der Waals surface area (Å²) in [5, 5.41) is 13.8. The lowest BCUT2D eigenvalue weighted by atomic mass is 10.3. The third-order valence-electron chi connectivity index (χ3n) is 1.78. The molecule has 18 heavy (non-hydrogen) atoms. The number of hydrogen-bond acceptors (Lipinski definition) is 7. The molecule has 0 fully saturated rings. The molecule has 1 rings (SSSR count). The third kappa shape index (κ3) is 4.37. The number of primary amides is 1. The number of oxime groups is 1. The molecule has 0 atom stereocenters. The minimum atomic E-state index is -0.926. The second kappa shape index (κ2) is 6.55. The fraction of sp³-hybridized carbons (Fsp3) is 0.333. The van der Waals surface area contributed by atoms with Crippen LogP contribution in [0.5, 0.6) is 0 Å². The summed E-state index contributed by atoms with van der Waals surface area (Å²) < 4.78 is 0. The lowest BCUT2D eigenvalue weighted by molar-refractivity contribution is -0.137. The molecular formula is C9H12N4O4S. The number of carboxylic acids is 1. The zero-order valence-corrected chi connectivity index (χ0v) is 10.1. The minimum absolute atomic E-state index is 0.0366. The molecule has 8 nitrogen and oxygen atoms in total. The van der Waals surface area contributed by atoms with Crippen LogP contribution in [-0.4, -0.2) is 34.3 Å². The Morgan fingerprint density at radius 1 is 1.56 bits per heavy atom. The molecule has 1 amide bonds. The van der Waals surface area contributed by atoms with Crippen LogP contribution < -0.4 is 11.5 Å². The van der Waals surface area contributed by atoms with Gasteiger partial charge in [-0.25, -0.2) is 4.98 Å². The van der Waals surface area contributed by atoms with Crippen LogP contribution in [0.4, 0.5) is 5.13 Å². The van der Waals surface area contributed by atoms with Crippen molar-refractivity contribution in [3.63, 3.8) is 0 Å². The SMILES string of the molecule is NC(=O)/C(=N\OCCCC(=O)O)c1csc(N)n1. The molecule has 1 heterocycles. The van der Waals surface area contributed by atoms with Gasteiger partial charge in [0, 0.05) is 11.8 Å². The van der Waals surface area contributed by atoms with E-state index >= 15 is 0 Å². The number of thiazole rings is 1. The minimum Gasteiger partial charge on any atom is -0.481 e. The van der Waals surface area contributed by atoms with E-state index in [0.717, 1.165) is 11.3 Å². The maximum Gasteiger partial charge on any atom is 0.303 e. The van der Waals surface area contributed by atoms with Crippen molar-refractivity contribution in [2.24, 2.45) is 10.9 Å². The maximum atomic E-state index is 11.1. The number of carbonyl (C=O) groups excluding carboxylic acids is 1. The molecule has 0 unspecified atom stereocenters. The van der Waals surface area contributed by atoms with Crippen molar-refractivity contribution in [2.45, 2.75) is 12.8 Å². The highest BCUT2D eigenvalue weighted by Gasteiger charge is 2.14. The predicted octanol–water partition coefficient (Wildman–Crippen LogP) is -0.204. The van der Waals surface area contributed by atoms with E-state index in [1.54, 1.807) is 0 Å². The van der Waals surface area contributed by atoms with Crippen LogP contribution >= 0.6 is 11.3 Å². The number of aromatic nitrogens is 1. The number of nitrogens with two attached hydrogens (primary N) is 2.